The summed E-state index contributed by atoms with van der Waals surface area (Å²) in [6.07, 6.45) is 0.843. The number of hydrogen-bond donors (Lipinski definition) is 3. The lowest BCUT2D eigenvalue weighted by molar-refractivity contribution is -0.385. The van der Waals surface area contributed by atoms with E-state index in [-0.39, 0.29) is 11.7 Å². The summed E-state index contributed by atoms with van der Waals surface area (Å²) >= 11 is 0. The fourth-order valence-electron chi connectivity index (χ4n) is 1.46. The summed E-state index contributed by atoms with van der Waals surface area (Å²) in [4.78, 5) is 36.1. The van der Waals surface area contributed by atoms with Gasteiger partial charge in [-0.15, -0.1) is 0 Å². The third kappa shape index (κ3) is 3.64. The van der Waals surface area contributed by atoms with Crippen molar-refractivity contribution in [1.29, 1.82) is 0 Å². The predicted octanol–water partition coefficient (Wildman–Crippen LogP) is 0.624. The van der Waals surface area contributed by atoms with Gasteiger partial charge < -0.3 is 15.7 Å². The van der Waals surface area contributed by atoms with E-state index in [2.05, 4.69) is 15.6 Å². The molecule has 1 heterocycles. The summed E-state index contributed by atoms with van der Waals surface area (Å²) in [6.45, 7) is 3.78. The minimum absolute atomic E-state index is 0.0757. The van der Waals surface area contributed by atoms with Gasteiger partial charge in [0.05, 0.1) is 4.92 Å². The average Bonchev–Trinajstić information content (AvgIpc) is 2.38. The van der Waals surface area contributed by atoms with E-state index >= 15 is 0 Å². The minimum atomic E-state index is -1.44. The molecule has 1 unspecified atom stereocenters. The summed E-state index contributed by atoms with van der Waals surface area (Å²) in [6, 6.07) is 0.376. The van der Waals surface area contributed by atoms with Crippen molar-refractivity contribution in [3.63, 3.8) is 0 Å². The zero-order valence-electron chi connectivity index (χ0n) is 10.9. The predicted molar refractivity (Wildman–Crippen MR) is 69.6 cm³/mol. The van der Waals surface area contributed by atoms with E-state index < -0.39 is 28.2 Å². The summed E-state index contributed by atoms with van der Waals surface area (Å²) in [5.41, 5.74) is -1.09. The Hall–Kier alpha value is -2.71. The SMILES string of the molecule is CCNC(=O)C(C)Nc1cc(C(=O)O)c([N+](=O)[O-])cn1. The highest BCUT2D eigenvalue weighted by molar-refractivity contribution is 5.93. The third-order valence-corrected chi connectivity index (χ3v) is 2.42. The largest absolute Gasteiger partial charge is 0.477 e. The number of carboxylic acids is 1. The monoisotopic (exact) mass is 282 g/mol. The van der Waals surface area contributed by atoms with Crippen molar-refractivity contribution in [2.45, 2.75) is 19.9 Å². The lowest BCUT2D eigenvalue weighted by Gasteiger charge is -2.14. The first-order valence-electron chi connectivity index (χ1n) is 5.78. The van der Waals surface area contributed by atoms with Gasteiger partial charge in [0.15, 0.2) is 0 Å². The number of nitro groups is 1. The quantitative estimate of drug-likeness (QED) is 0.514. The van der Waals surface area contributed by atoms with Crippen LogP contribution in [0.1, 0.15) is 24.2 Å². The molecule has 0 spiro atoms. The number of hydrogen-bond acceptors (Lipinski definition) is 6. The zero-order valence-corrected chi connectivity index (χ0v) is 10.9. The molecule has 1 rings (SSSR count). The minimum Gasteiger partial charge on any atom is -0.477 e. The second-order valence-corrected chi connectivity index (χ2v) is 3.91. The number of pyridine rings is 1. The van der Waals surface area contributed by atoms with E-state index in [1.165, 1.54) is 0 Å². The highest BCUT2D eigenvalue weighted by Crippen LogP contribution is 2.20. The van der Waals surface area contributed by atoms with Gasteiger partial charge in [0.1, 0.15) is 23.6 Å². The van der Waals surface area contributed by atoms with Gasteiger partial charge in [-0.05, 0) is 13.8 Å². The maximum absolute atomic E-state index is 11.5. The van der Waals surface area contributed by atoms with Crippen LogP contribution in [0.3, 0.4) is 0 Å². The Morgan fingerprint density at radius 1 is 1.55 bits per heavy atom. The number of anilines is 1. The van der Waals surface area contributed by atoms with Gasteiger partial charge in [0, 0.05) is 12.6 Å². The number of amides is 1. The van der Waals surface area contributed by atoms with Gasteiger partial charge >= 0.3 is 11.7 Å². The van der Waals surface area contributed by atoms with Crippen molar-refractivity contribution in [3.8, 4) is 0 Å². The van der Waals surface area contributed by atoms with Crippen molar-refractivity contribution in [2.24, 2.45) is 0 Å². The molecule has 0 aliphatic carbocycles. The molecule has 1 aromatic heterocycles. The summed E-state index contributed by atoms with van der Waals surface area (Å²) < 4.78 is 0. The van der Waals surface area contributed by atoms with E-state index in [4.69, 9.17) is 5.11 Å². The molecule has 0 bridgehead atoms. The standard InChI is InChI=1S/C11H14N4O5/c1-3-12-10(16)6(2)14-9-4-7(11(17)18)8(5-13-9)15(19)20/h4-6H,3H2,1-2H3,(H,12,16)(H,13,14)(H,17,18). The first kappa shape index (κ1) is 15.3. The molecule has 20 heavy (non-hydrogen) atoms. The lowest BCUT2D eigenvalue weighted by Crippen LogP contribution is -2.37. The van der Waals surface area contributed by atoms with Gasteiger partial charge in [-0.2, -0.15) is 0 Å². The van der Waals surface area contributed by atoms with Crippen molar-refractivity contribution < 1.29 is 19.6 Å². The maximum atomic E-state index is 11.5. The average molecular weight is 282 g/mol. The molecular formula is C11H14N4O5. The fourth-order valence-corrected chi connectivity index (χ4v) is 1.46. The molecule has 1 amide bonds. The van der Waals surface area contributed by atoms with Crippen LogP contribution < -0.4 is 10.6 Å². The van der Waals surface area contributed by atoms with E-state index in [0.29, 0.717) is 6.54 Å². The first-order chi connectivity index (χ1) is 9.36. The molecular weight excluding hydrogens is 268 g/mol. The van der Waals surface area contributed by atoms with Crippen molar-refractivity contribution in [2.75, 3.05) is 11.9 Å². The van der Waals surface area contributed by atoms with E-state index in [0.717, 1.165) is 12.3 Å². The number of aromatic carboxylic acids is 1. The van der Waals surface area contributed by atoms with Crippen LogP contribution in [0, 0.1) is 10.1 Å². The molecule has 1 aromatic rings. The molecule has 0 aliphatic heterocycles. The fraction of sp³-hybridized carbons (Fsp3) is 0.364. The van der Waals surface area contributed by atoms with Gasteiger partial charge in [-0.3, -0.25) is 14.9 Å². The second kappa shape index (κ2) is 6.45. The number of aromatic nitrogens is 1. The Morgan fingerprint density at radius 3 is 2.70 bits per heavy atom. The summed E-state index contributed by atoms with van der Waals surface area (Å²) in [5, 5.41) is 24.9. The Morgan fingerprint density at radius 2 is 2.20 bits per heavy atom. The first-order valence-corrected chi connectivity index (χ1v) is 5.78. The Balaban J connectivity index is 2.98. The van der Waals surface area contributed by atoms with Crippen LogP contribution in [0.15, 0.2) is 12.3 Å². The van der Waals surface area contributed by atoms with Crippen LogP contribution in [0.2, 0.25) is 0 Å². The normalized spacial score (nSPS) is 11.5. The van der Waals surface area contributed by atoms with Crippen LogP contribution in [-0.4, -0.2) is 39.5 Å². The number of rotatable bonds is 6. The number of nitrogens with zero attached hydrogens (tertiary/aromatic N) is 2. The number of carbonyl (C=O) groups excluding carboxylic acids is 1. The lowest BCUT2D eigenvalue weighted by atomic mass is 10.2. The van der Waals surface area contributed by atoms with Gasteiger partial charge in [-0.1, -0.05) is 0 Å². The molecule has 108 valence electrons. The van der Waals surface area contributed by atoms with E-state index in [1.807, 2.05) is 0 Å². The molecule has 9 heteroatoms. The molecule has 3 N–H and O–H groups in total. The van der Waals surface area contributed by atoms with Crippen LogP contribution >= 0.6 is 0 Å². The topological polar surface area (TPSA) is 134 Å². The second-order valence-electron chi connectivity index (χ2n) is 3.91. The molecule has 0 aliphatic rings. The summed E-state index contributed by atoms with van der Waals surface area (Å²) in [5.74, 6) is -1.65. The number of carbonyl (C=O) groups is 2. The van der Waals surface area contributed by atoms with Crippen molar-refractivity contribution in [3.05, 3.63) is 27.9 Å². The number of carboxylic acid groups (broad SMARTS) is 1. The Bertz CT molecular complexity index is 546. The Kier molecular flexibility index (Phi) is 4.95. The molecule has 0 radical (unpaired) electrons. The highest BCUT2D eigenvalue weighted by atomic mass is 16.6. The van der Waals surface area contributed by atoms with Crippen molar-refractivity contribution >= 4 is 23.4 Å². The number of nitrogens with one attached hydrogen (secondary N) is 2. The van der Waals surface area contributed by atoms with E-state index in [9.17, 15) is 19.7 Å². The molecule has 0 saturated heterocycles. The highest BCUT2D eigenvalue weighted by Gasteiger charge is 2.22. The van der Waals surface area contributed by atoms with Gasteiger partial charge in [-0.25, -0.2) is 9.78 Å². The van der Waals surface area contributed by atoms with E-state index in [1.54, 1.807) is 13.8 Å². The number of likely N-dealkylation sites (N-methyl/N-ethyl adjacent to an activating group) is 1. The summed E-state index contributed by atoms with van der Waals surface area (Å²) in [7, 11) is 0. The molecule has 0 fully saturated rings. The smallest absolute Gasteiger partial charge is 0.342 e. The van der Waals surface area contributed by atoms with Crippen LogP contribution in [-0.2, 0) is 4.79 Å². The molecule has 0 aromatic carbocycles. The van der Waals surface area contributed by atoms with Gasteiger partial charge in [0.25, 0.3) is 0 Å². The maximum Gasteiger partial charge on any atom is 0.342 e. The molecule has 9 nitrogen and oxygen atoms in total. The van der Waals surface area contributed by atoms with Crippen molar-refractivity contribution in [1.82, 2.24) is 10.3 Å². The molecule has 0 saturated carbocycles. The molecule has 1 atom stereocenters. The Labute approximate surface area is 114 Å². The third-order valence-electron chi connectivity index (χ3n) is 2.42. The van der Waals surface area contributed by atoms with Crippen LogP contribution in [0.5, 0.6) is 0 Å². The van der Waals surface area contributed by atoms with Crippen LogP contribution in [0.25, 0.3) is 0 Å². The zero-order chi connectivity index (χ0) is 15.3. The van der Waals surface area contributed by atoms with Crippen LogP contribution in [0.4, 0.5) is 11.5 Å². The van der Waals surface area contributed by atoms with Gasteiger partial charge in [0.2, 0.25) is 5.91 Å².